The minimum absolute atomic E-state index is 0.0923. The fraction of sp³-hybridized carbons (Fsp3) is 0.643. The summed E-state index contributed by atoms with van der Waals surface area (Å²) in [5.74, 6) is 0.0923. The second kappa shape index (κ2) is 6.50. The Morgan fingerprint density at radius 3 is 2.79 bits per heavy atom. The maximum Gasteiger partial charge on any atom is 0.237 e. The number of nitrogens with zero attached hydrogens (tertiary/aromatic N) is 1. The fourth-order valence-corrected chi connectivity index (χ4v) is 3.08. The van der Waals surface area contributed by atoms with Crippen molar-refractivity contribution in [3.05, 3.63) is 22.4 Å². The maximum atomic E-state index is 12.2. The third-order valence-electron chi connectivity index (χ3n) is 3.39. The Bertz CT molecular complexity index is 398. The van der Waals surface area contributed by atoms with E-state index < -0.39 is 0 Å². The van der Waals surface area contributed by atoms with Crippen LogP contribution < -0.4 is 5.32 Å². The summed E-state index contributed by atoms with van der Waals surface area (Å²) in [4.78, 5) is 15.5. The molecule has 0 bridgehead atoms. The molecule has 1 aromatic heterocycles. The minimum atomic E-state index is -0.103. The number of hydrogen-bond donors (Lipinski definition) is 1. The molecule has 0 radical (unpaired) electrons. The third kappa shape index (κ3) is 4.03. The Kier molecular flexibility index (Phi) is 4.96. The van der Waals surface area contributed by atoms with Gasteiger partial charge >= 0.3 is 0 Å². The largest absolute Gasteiger partial charge is 0.373 e. The topological polar surface area (TPSA) is 41.6 Å². The lowest BCUT2D eigenvalue weighted by molar-refractivity contribution is -0.131. The van der Waals surface area contributed by atoms with Gasteiger partial charge in [-0.05, 0) is 32.2 Å². The van der Waals surface area contributed by atoms with Crippen molar-refractivity contribution in [1.82, 2.24) is 10.2 Å². The first kappa shape index (κ1) is 14.5. The molecule has 2 rings (SSSR count). The van der Waals surface area contributed by atoms with E-state index >= 15 is 0 Å². The molecule has 1 N–H and O–H groups in total. The van der Waals surface area contributed by atoms with Gasteiger partial charge in [-0.15, -0.1) is 11.3 Å². The molecule has 3 unspecified atom stereocenters. The van der Waals surface area contributed by atoms with E-state index in [1.165, 1.54) is 4.88 Å². The smallest absolute Gasteiger partial charge is 0.237 e. The Morgan fingerprint density at radius 2 is 2.21 bits per heavy atom. The van der Waals surface area contributed by atoms with Crippen molar-refractivity contribution < 1.29 is 9.53 Å². The first-order valence-electron chi connectivity index (χ1n) is 6.76. The normalized spacial score (nSPS) is 26.1. The summed E-state index contributed by atoms with van der Waals surface area (Å²) >= 11 is 1.66. The van der Waals surface area contributed by atoms with Crippen molar-refractivity contribution in [2.45, 2.75) is 45.6 Å². The summed E-state index contributed by atoms with van der Waals surface area (Å²) in [6.45, 7) is 8.33. The predicted molar refractivity (Wildman–Crippen MR) is 77.2 cm³/mol. The molecule has 0 saturated carbocycles. The van der Waals surface area contributed by atoms with Gasteiger partial charge in [0.1, 0.15) is 0 Å². The second-order valence-corrected chi connectivity index (χ2v) is 6.22. The van der Waals surface area contributed by atoms with E-state index in [1.807, 2.05) is 24.4 Å². The molecule has 0 aliphatic carbocycles. The highest BCUT2D eigenvalue weighted by Crippen LogP contribution is 2.14. The molecule has 1 aromatic rings. The van der Waals surface area contributed by atoms with Crippen LogP contribution >= 0.6 is 11.3 Å². The van der Waals surface area contributed by atoms with E-state index in [9.17, 15) is 4.79 Å². The highest BCUT2D eigenvalue weighted by Gasteiger charge is 2.29. The van der Waals surface area contributed by atoms with Crippen LogP contribution in [0.15, 0.2) is 17.5 Å². The van der Waals surface area contributed by atoms with Crippen LogP contribution in [0.5, 0.6) is 0 Å². The van der Waals surface area contributed by atoms with Crippen LogP contribution in [-0.2, 0) is 16.1 Å². The minimum Gasteiger partial charge on any atom is -0.373 e. The van der Waals surface area contributed by atoms with Crippen LogP contribution in [0, 0.1) is 0 Å². The summed E-state index contributed by atoms with van der Waals surface area (Å²) in [7, 11) is 0. The van der Waals surface area contributed by atoms with Crippen molar-refractivity contribution in [1.29, 1.82) is 0 Å². The monoisotopic (exact) mass is 282 g/mol. The molecule has 1 fully saturated rings. The van der Waals surface area contributed by atoms with E-state index in [1.54, 1.807) is 11.3 Å². The Labute approximate surface area is 118 Å². The summed E-state index contributed by atoms with van der Waals surface area (Å²) in [5, 5.41) is 5.02. The first-order chi connectivity index (χ1) is 9.06. The highest BCUT2D eigenvalue weighted by molar-refractivity contribution is 7.09. The van der Waals surface area contributed by atoms with E-state index in [0.717, 1.165) is 13.1 Å². The second-order valence-electron chi connectivity index (χ2n) is 5.18. The summed E-state index contributed by atoms with van der Waals surface area (Å²) in [6, 6.07) is 3.93. The standard InChI is InChI=1S/C14H22N2O2S/c1-10-8-16(9-11(2)18-10)12(3)14(17)15-7-13-5-4-6-19-13/h4-6,10-12H,7-9H2,1-3H3,(H,15,17). The van der Waals surface area contributed by atoms with Gasteiger partial charge in [-0.1, -0.05) is 6.07 Å². The maximum absolute atomic E-state index is 12.2. The average molecular weight is 282 g/mol. The highest BCUT2D eigenvalue weighted by atomic mass is 32.1. The fourth-order valence-electron chi connectivity index (χ4n) is 2.43. The SMILES string of the molecule is CC1CN(C(C)C(=O)NCc2cccs2)CC(C)O1. The molecule has 2 heterocycles. The van der Waals surface area contributed by atoms with Crippen molar-refractivity contribution >= 4 is 17.2 Å². The summed E-state index contributed by atoms with van der Waals surface area (Å²) in [6.07, 6.45) is 0.382. The van der Waals surface area contributed by atoms with Gasteiger partial charge in [-0.3, -0.25) is 9.69 Å². The Hall–Kier alpha value is -0.910. The zero-order valence-electron chi connectivity index (χ0n) is 11.8. The zero-order chi connectivity index (χ0) is 13.8. The van der Waals surface area contributed by atoms with Crippen LogP contribution in [0.4, 0.5) is 0 Å². The van der Waals surface area contributed by atoms with Gasteiger partial charge in [0.15, 0.2) is 0 Å². The Morgan fingerprint density at radius 1 is 1.53 bits per heavy atom. The number of carbonyl (C=O) groups excluding carboxylic acids is 1. The third-order valence-corrected chi connectivity index (χ3v) is 4.27. The average Bonchev–Trinajstić information content (AvgIpc) is 2.87. The molecule has 3 atom stereocenters. The molecule has 4 nitrogen and oxygen atoms in total. The zero-order valence-corrected chi connectivity index (χ0v) is 12.6. The molecule has 0 aromatic carbocycles. The van der Waals surface area contributed by atoms with Gasteiger partial charge in [-0.2, -0.15) is 0 Å². The summed E-state index contributed by atoms with van der Waals surface area (Å²) < 4.78 is 5.69. The van der Waals surface area contributed by atoms with Gasteiger partial charge in [0, 0.05) is 18.0 Å². The number of morpholine rings is 1. The van der Waals surface area contributed by atoms with E-state index in [-0.39, 0.29) is 24.2 Å². The molecular weight excluding hydrogens is 260 g/mol. The quantitative estimate of drug-likeness (QED) is 0.916. The van der Waals surface area contributed by atoms with Gasteiger partial charge in [0.05, 0.1) is 24.8 Å². The van der Waals surface area contributed by atoms with Crippen LogP contribution in [0.1, 0.15) is 25.6 Å². The lowest BCUT2D eigenvalue weighted by atomic mass is 10.1. The van der Waals surface area contributed by atoms with Crippen LogP contribution in [0.25, 0.3) is 0 Å². The number of rotatable bonds is 4. The van der Waals surface area contributed by atoms with Crippen LogP contribution in [0.2, 0.25) is 0 Å². The number of amides is 1. The van der Waals surface area contributed by atoms with E-state index in [0.29, 0.717) is 6.54 Å². The van der Waals surface area contributed by atoms with E-state index in [4.69, 9.17) is 4.74 Å². The molecule has 106 valence electrons. The first-order valence-corrected chi connectivity index (χ1v) is 7.64. The number of carbonyl (C=O) groups is 1. The van der Waals surface area contributed by atoms with Gasteiger partial charge < -0.3 is 10.1 Å². The molecule has 1 amide bonds. The Balaban J connectivity index is 1.84. The van der Waals surface area contributed by atoms with E-state index in [2.05, 4.69) is 24.1 Å². The van der Waals surface area contributed by atoms with Crippen molar-refractivity contribution in [3.8, 4) is 0 Å². The number of ether oxygens (including phenoxy) is 1. The number of nitrogens with one attached hydrogen (secondary N) is 1. The van der Waals surface area contributed by atoms with Crippen molar-refractivity contribution in [2.24, 2.45) is 0 Å². The van der Waals surface area contributed by atoms with Gasteiger partial charge in [0.25, 0.3) is 0 Å². The molecule has 0 spiro atoms. The van der Waals surface area contributed by atoms with Crippen molar-refractivity contribution in [2.75, 3.05) is 13.1 Å². The van der Waals surface area contributed by atoms with Gasteiger partial charge in [0.2, 0.25) is 5.91 Å². The molecule has 1 aliphatic rings. The molecule has 1 saturated heterocycles. The van der Waals surface area contributed by atoms with Crippen LogP contribution in [-0.4, -0.2) is 42.1 Å². The van der Waals surface area contributed by atoms with Gasteiger partial charge in [-0.25, -0.2) is 0 Å². The van der Waals surface area contributed by atoms with Crippen molar-refractivity contribution in [3.63, 3.8) is 0 Å². The number of thiophene rings is 1. The lowest BCUT2D eigenvalue weighted by Gasteiger charge is -2.38. The summed E-state index contributed by atoms with van der Waals surface area (Å²) in [5.41, 5.74) is 0. The van der Waals surface area contributed by atoms with Crippen LogP contribution in [0.3, 0.4) is 0 Å². The number of hydrogen-bond acceptors (Lipinski definition) is 4. The molecule has 5 heteroatoms. The lowest BCUT2D eigenvalue weighted by Crippen LogP contribution is -2.53. The molecular formula is C14H22N2O2S. The predicted octanol–water partition coefficient (Wildman–Crippen LogP) is 1.86. The molecule has 19 heavy (non-hydrogen) atoms. The molecule has 1 aliphatic heterocycles.